The van der Waals surface area contributed by atoms with E-state index in [1.54, 1.807) is 12.1 Å². The molecule has 2 N–H and O–H groups in total. The van der Waals surface area contributed by atoms with Crippen molar-refractivity contribution in [3.05, 3.63) is 82.2 Å². The topological polar surface area (TPSA) is 93.5 Å². The second-order valence-corrected chi connectivity index (χ2v) is 8.57. The molecule has 0 spiro atoms. The number of aliphatic carboxylic acids is 1. The minimum Gasteiger partial charge on any atom is -0.482 e. The summed E-state index contributed by atoms with van der Waals surface area (Å²) in [5, 5.41) is 17.2. The molecule has 1 atom stereocenters. The number of ketones is 1. The highest BCUT2D eigenvalue weighted by atomic mass is 16.5. The van der Waals surface area contributed by atoms with Crippen LogP contribution in [0.2, 0.25) is 0 Å². The summed E-state index contributed by atoms with van der Waals surface area (Å²) in [6, 6.07) is 15.5. The summed E-state index contributed by atoms with van der Waals surface area (Å²) in [4.78, 5) is 23.9. The largest absolute Gasteiger partial charge is 0.482 e. The molecule has 0 saturated heterocycles. The quantitative estimate of drug-likeness (QED) is 0.602. The molecule has 0 radical (unpaired) electrons. The van der Waals surface area contributed by atoms with Gasteiger partial charge < -0.3 is 15.2 Å². The lowest BCUT2D eigenvalue weighted by Gasteiger charge is -2.33. The van der Waals surface area contributed by atoms with Gasteiger partial charge in [-0.05, 0) is 56.5 Å². The molecule has 3 aromatic rings. The van der Waals surface area contributed by atoms with E-state index in [1.807, 2.05) is 35.9 Å². The molecule has 1 aliphatic heterocycles. The maximum atomic E-state index is 13.1. The fraction of sp³-hybridized carbons (Fsp3) is 0.269. The monoisotopic (exact) mass is 443 g/mol. The zero-order chi connectivity index (χ0) is 23.1. The van der Waals surface area contributed by atoms with Crippen molar-refractivity contribution in [3.63, 3.8) is 0 Å². The van der Waals surface area contributed by atoms with Gasteiger partial charge in [0.05, 0.1) is 11.4 Å². The molecule has 5 rings (SSSR count). The number of nitrogens with zero attached hydrogens (tertiary/aromatic N) is 2. The van der Waals surface area contributed by atoms with Gasteiger partial charge in [-0.3, -0.25) is 4.79 Å². The van der Waals surface area contributed by atoms with E-state index >= 15 is 0 Å². The molecular weight excluding hydrogens is 418 g/mol. The number of anilines is 1. The van der Waals surface area contributed by atoms with E-state index < -0.39 is 12.6 Å². The molecule has 2 aromatic carbocycles. The van der Waals surface area contributed by atoms with E-state index in [0.29, 0.717) is 12.2 Å². The molecule has 0 amide bonds. The van der Waals surface area contributed by atoms with Gasteiger partial charge >= 0.3 is 5.97 Å². The highest BCUT2D eigenvalue weighted by Crippen LogP contribution is 2.47. The van der Waals surface area contributed by atoms with Crippen LogP contribution in [0.15, 0.2) is 59.8 Å². The van der Waals surface area contributed by atoms with Crippen molar-refractivity contribution < 1.29 is 19.4 Å². The zero-order valence-electron chi connectivity index (χ0n) is 18.6. The van der Waals surface area contributed by atoms with Crippen molar-refractivity contribution in [2.75, 3.05) is 11.9 Å². The molecule has 7 nitrogen and oxygen atoms in total. The summed E-state index contributed by atoms with van der Waals surface area (Å²) in [7, 11) is 0. The fourth-order valence-corrected chi connectivity index (χ4v) is 4.73. The summed E-state index contributed by atoms with van der Waals surface area (Å²) in [6.45, 7) is 3.63. The molecule has 1 aromatic heterocycles. The van der Waals surface area contributed by atoms with Crippen LogP contribution < -0.4 is 10.1 Å². The van der Waals surface area contributed by atoms with Crippen LogP contribution >= 0.6 is 0 Å². The van der Waals surface area contributed by atoms with Gasteiger partial charge in [0, 0.05) is 29.2 Å². The summed E-state index contributed by atoms with van der Waals surface area (Å²) in [5.41, 5.74) is 6.70. The van der Waals surface area contributed by atoms with E-state index in [0.717, 1.165) is 52.4 Å². The zero-order valence-corrected chi connectivity index (χ0v) is 18.6. The van der Waals surface area contributed by atoms with E-state index in [4.69, 9.17) is 14.9 Å². The molecule has 168 valence electrons. The van der Waals surface area contributed by atoms with Crippen LogP contribution in [-0.2, 0) is 9.59 Å². The molecule has 0 saturated carbocycles. The molecule has 2 heterocycles. The summed E-state index contributed by atoms with van der Waals surface area (Å²) in [5.74, 6) is 0.265. The van der Waals surface area contributed by atoms with Gasteiger partial charge in [0.15, 0.2) is 12.4 Å². The highest BCUT2D eigenvalue weighted by Gasteiger charge is 2.38. The number of nitrogens with one attached hydrogen (secondary N) is 1. The first-order valence-corrected chi connectivity index (χ1v) is 11.1. The number of aryl methyl sites for hydroxylation is 2. The summed E-state index contributed by atoms with van der Waals surface area (Å²) in [6.07, 6.45) is 2.18. The highest BCUT2D eigenvalue weighted by molar-refractivity contribution is 6.01. The third kappa shape index (κ3) is 3.80. The number of benzene rings is 2. The van der Waals surface area contributed by atoms with Crippen molar-refractivity contribution in [1.82, 2.24) is 9.78 Å². The molecular formula is C26H25N3O4. The number of hydrogen-bond donors (Lipinski definition) is 2. The van der Waals surface area contributed by atoms with Crippen LogP contribution in [0, 0.1) is 13.8 Å². The predicted molar refractivity (Wildman–Crippen MR) is 124 cm³/mol. The minimum atomic E-state index is -1.02. The van der Waals surface area contributed by atoms with Gasteiger partial charge in [0.1, 0.15) is 11.6 Å². The standard InChI is InChI=1S/C26H25N3O4/c1-15-6-10-18(11-7-15)29-26-23(16(2)28-29)24(25-20(27-26)4-3-5-21(25)30)17-8-12-19(13-9-17)33-14-22(31)32/h6-13,24,27H,3-5,14H2,1-2H3,(H,31,32)/t24-/m0/s1. The maximum absolute atomic E-state index is 13.1. The lowest BCUT2D eigenvalue weighted by molar-refractivity contribution is -0.139. The minimum absolute atomic E-state index is 0.160. The predicted octanol–water partition coefficient (Wildman–Crippen LogP) is 4.52. The maximum Gasteiger partial charge on any atom is 0.341 e. The van der Waals surface area contributed by atoms with E-state index in [2.05, 4.69) is 24.4 Å². The van der Waals surface area contributed by atoms with Gasteiger partial charge in [-0.15, -0.1) is 0 Å². The van der Waals surface area contributed by atoms with Gasteiger partial charge in [-0.25, -0.2) is 9.48 Å². The van der Waals surface area contributed by atoms with Gasteiger partial charge in [-0.2, -0.15) is 5.10 Å². The van der Waals surface area contributed by atoms with Crippen LogP contribution in [-0.4, -0.2) is 33.2 Å². The molecule has 0 unspecified atom stereocenters. The van der Waals surface area contributed by atoms with Gasteiger partial charge in [0.25, 0.3) is 0 Å². The van der Waals surface area contributed by atoms with Gasteiger partial charge in [0.2, 0.25) is 0 Å². The molecule has 2 aliphatic rings. The Labute approximate surface area is 191 Å². The third-order valence-corrected chi connectivity index (χ3v) is 6.26. The van der Waals surface area contributed by atoms with Crippen molar-refractivity contribution in [2.24, 2.45) is 0 Å². The Balaban J connectivity index is 1.62. The lowest BCUT2D eigenvalue weighted by atomic mass is 9.76. The molecule has 1 aliphatic carbocycles. The fourth-order valence-electron chi connectivity index (χ4n) is 4.73. The van der Waals surface area contributed by atoms with Crippen LogP contribution in [0.5, 0.6) is 5.75 Å². The Morgan fingerprint density at radius 1 is 1.12 bits per heavy atom. The Morgan fingerprint density at radius 3 is 2.55 bits per heavy atom. The molecule has 0 bridgehead atoms. The third-order valence-electron chi connectivity index (χ3n) is 6.26. The number of allylic oxidation sites excluding steroid dienone is 2. The van der Waals surface area contributed by atoms with Crippen LogP contribution in [0.4, 0.5) is 5.82 Å². The summed E-state index contributed by atoms with van der Waals surface area (Å²) < 4.78 is 7.22. The number of aromatic nitrogens is 2. The van der Waals surface area contributed by atoms with Crippen molar-refractivity contribution in [1.29, 1.82) is 0 Å². The van der Waals surface area contributed by atoms with Crippen molar-refractivity contribution in [3.8, 4) is 11.4 Å². The number of rotatable bonds is 5. The number of carbonyl (C=O) groups is 2. The first-order chi connectivity index (χ1) is 15.9. The molecule has 7 heteroatoms. The Bertz CT molecular complexity index is 1270. The Morgan fingerprint density at radius 2 is 1.85 bits per heavy atom. The first kappa shape index (κ1) is 21.0. The number of carboxylic acids is 1. The number of carbonyl (C=O) groups excluding carboxylic acids is 1. The van der Waals surface area contributed by atoms with Crippen LogP contribution in [0.3, 0.4) is 0 Å². The van der Waals surface area contributed by atoms with Crippen molar-refractivity contribution in [2.45, 2.75) is 39.0 Å². The average Bonchev–Trinajstić information content (AvgIpc) is 3.13. The van der Waals surface area contributed by atoms with E-state index in [1.165, 1.54) is 5.56 Å². The number of carboxylic acid groups (broad SMARTS) is 1. The van der Waals surface area contributed by atoms with Gasteiger partial charge in [-0.1, -0.05) is 29.8 Å². The van der Waals surface area contributed by atoms with Crippen LogP contribution in [0.25, 0.3) is 5.69 Å². The summed E-state index contributed by atoms with van der Waals surface area (Å²) >= 11 is 0. The van der Waals surface area contributed by atoms with Crippen molar-refractivity contribution >= 4 is 17.6 Å². The smallest absolute Gasteiger partial charge is 0.341 e. The van der Waals surface area contributed by atoms with E-state index in [9.17, 15) is 9.59 Å². The number of Topliss-reactive ketones (excluding diaryl/α,β-unsaturated/α-hetero) is 1. The second-order valence-electron chi connectivity index (χ2n) is 8.57. The number of fused-ring (bicyclic) bond motifs is 1. The normalized spacial score (nSPS) is 17.3. The Kier molecular flexibility index (Phi) is 5.24. The molecule has 0 fully saturated rings. The first-order valence-electron chi connectivity index (χ1n) is 11.1. The SMILES string of the molecule is Cc1ccc(-n2nc(C)c3c2NC2=C(C(=O)CCC2)[C@H]3c2ccc(OCC(=O)O)cc2)cc1. The lowest BCUT2D eigenvalue weighted by Crippen LogP contribution is -2.27. The average molecular weight is 444 g/mol. The number of ether oxygens (including phenoxy) is 1. The van der Waals surface area contributed by atoms with E-state index in [-0.39, 0.29) is 11.7 Å². The Hall–Kier alpha value is -3.87. The molecule has 33 heavy (non-hydrogen) atoms. The van der Waals surface area contributed by atoms with Crippen LogP contribution in [0.1, 0.15) is 47.6 Å². The second kappa shape index (κ2) is 8.24. The number of hydrogen-bond acceptors (Lipinski definition) is 5.